The van der Waals surface area contributed by atoms with Gasteiger partial charge in [-0.2, -0.15) is 0 Å². The molecular weight excluding hydrogens is 575 g/mol. The average Bonchev–Trinajstić information content (AvgIpc) is 2.79. The van der Waals surface area contributed by atoms with Crippen LogP contribution in [0.25, 0.3) is 11.0 Å². The molecule has 3 aromatic carbocycles. The second kappa shape index (κ2) is 9.62. The zero-order chi connectivity index (χ0) is 23.6. The monoisotopic (exact) mass is 592 g/mol. The minimum atomic E-state index is -4.04. The molecule has 0 aliphatic heterocycles. The largest absolute Gasteiger partial charge is 0.337 e. The van der Waals surface area contributed by atoms with Gasteiger partial charge in [-0.15, -0.1) is 0 Å². The van der Waals surface area contributed by atoms with Gasteiger partial charge < -0.3 is 4.90 Å². The molecule has 10 heteroatoms. The molecule has 0 aliphatic rings. The fourth-order valence-electron chi connectivity index (χ4n) is 3.31. The Balaban J connectivity index is 1.66. The van der Waals surface area contributed by atoms with Gasteiger partial charge in [-0.1, -0.05) is 29.8 Å². The zero-order valence-electron chi connectivity index (χ0n) is 17.4. The summed E-state index contributed by atoms with van der Waals surface area (Å²) in [5, 5.41) is 0.611. The molecule has 0 atom stereocenters. The molecule has 0 fully saturated rings. The van der Waals surface area contributed by atoms with Crippen molar-refractivity contribution in [3.8, 4) is 0 Å². The minimum absolute atomic E-state index is 0.0140. The topological polar surface area (TPSA) is 92.3 Å². The molecule has 33 heavy (non-hydrogen) atoms. The fourth-order valence-corrected chi connectivity index (χ4v) is 5.17. The first-order chi connectivity index (χ1) is 15.7. The second-order valence-electron chi connectivity index (χ2n) is 7.26. The molecule has 7 nitrogen and oxygen atoms in total. The van der Waals surface area contributed by atoms with Crippen LogP contribution in [0.5, 0.6) is 0 Å². The number of anilines is 1. The van der Waals surface area contributed by atoms with Gasteiger partial charge in [0.25, 0.3) is 15.9 Å². The van der Waals surface area contributed by atoms with Gasteiger partial charge in [0.2, 0.25) is 0 Å². The molecule has 1 N–H and O–H groups in total. The van der Waals surface area contributed by atoms with Crippen LogP contribution in [0.4, 0.5) is 5.69 Å². The summed E-state index contributed by atoms with van der Waals surface area (Å²) in [5.41, 5.74) is 2.04. The van der Waals surface area contributed by atoms with E-state index in [0.717, 1.165) is 9.13 Å². The van der Waals surface area contributed by atoms with E-state index in [-0.39, 0.29) is 27.6 Å². The number of carbonyl (C=O) groups is 1. The van der Waals surface area contributed by atoms with Crippen molar-refractivity contribution in [2.75, 3.05) is 11.8 Å². The number of hydrogen-bond acceptors (Lipinski definition) is 5. The highest BCUT2D eigenvalue weighted by Gasteiger charge is 2.23. The summed E-state index contributed by atoms with van der Waals surface area (Å²) in [7, 11) is -2.38. The molecule has 0 aliphatic carbocycles. The highest BCUT2D eigenvalue weighted by Crippen LogP contribution is 2.27. The van der Waals surface area contributed by atoms with E-state index in [0.29, 0.717) is 17.1 Å². The number of nitrogens with one attached hydrogen (secondary N) is 1. The molecule has 0 unspecified atom stereocenters. The molecule has 1 amide bonds. The first kappa shape index (κ1) is 23.4. The SMILES string of the molecule is CN(Cc1ccc(Cl)cc1)C(=O)c1ccc(I)cc1NS(=O)(=O)c1cccc2nccnc12. The number of nitrogens with zero attached hydrogens (tertiary/aromatic N) is 3. The van der Waals surface area contributed by atoms with Crippen LogP contribution in [-0.2, 0) is 16.6 Å². The lowest BCUT2D eigenvalue weighted by atomic mass is 10.1. The van der Waals surface area contributed by atoms with Crippen molar-refractivity contribution < 1.29 is 13.2 Å². The number of aromatic nitrogens is 2. The fraction of sp³-hybridized carbons (Fsp3) is 0.0870. The van der Waals surface area contributed by atoms with Gasteiger partial charge in [0.05, 0.1) is 16.8 Å². The number of amides is 1. The minimum Gasteiger partial charge on any atom is -0.337 e. The second-order valence-corrected chi connectivity index (χ2v) is 10.6. The molecule has 0 radical (unpaired) electrons. The summed E-state index contributed by atoms with van der Waals surface area (Å²) in [6.07, 6.45) is 2.94. The Morgan fingerprint density at radius 1 is 1.06 bits per heavy atom. The van der Waals surface area contributed by atoms with Crippen LogP contribution in [-0.4, -0.2) is 36.2 Å². The molecule has 0 saturated carbocycles. The third-order valence-corrected chi connectivity index (χ3v) is 7.21. The predicted molar refractivity (Wildman–Crippen MR) is 137 cm³/mol. The molecule has 0 saturated heterocycles. The smallest absolute Gasteiger partial charge is 0.264 e. The van der Waals surface area contributed by atoms with Crippen molar-refractivity contribution in [1.29, 1.82) is 0 Å². The molecule has 1 heterocycles. The maximum atomic E-state index is 13.3. The number of carbonyl (C=O) groups excluding carboxylic acids is 1. The van der Waals surface area contributed by atoms with E-state index in [1.54, 1.807) is 49.5 Å². The number of fused-ring (bicyclic) bond motifs is 1. The van der Waals surface area contributed by atoms with Gasteiger partial charge in [-0.25, -0.2) is 8.42 Å². The molecule has 0 spiro atoms. The molecule has 0 bridgehead atoms. The van der Waals surface area contributed by atoms with E-state index < -0.39 is 10.0 Å². The molecule has 4 rings (SSSR count). The summed E-state index contributed by atoms with van der Waals surface area (Å²) in [4.78, 5) is 23.1. The number of sulfonamides is 1. The Morgan fingerprint density at radius 2 is 1.79 bits per heavy atom. The lowest BCUT2D eigenvalue weighted by Gasteiger charge is -2.20. The summed E-state index contributed by atoms with van der Waals surface area (Å²) >= 11 is 8.01. The number of hydrogen-bond donors (Lipinski definition) is 1. The van der Waals surface area contributed by atoms with E-state index >= 15 is 0 Å². The van der Waals surface area contributed by atoms with E-state index in [2.05, 4.69) is 37.3 Å². The predicted octanol–water partition coefficient (Wildman–Crippen LogP) is 4.96. The normalized spacial score (nSPS) is 11.4. The first-order valence-electron chi connectivity index (χ1n) is 9.76. The van der Waals surface area contributed by atoms with Crippen molar-refractivity contribution in [2.45, 2.75) is 11.4 Å². The van der Waals surface area contributed by atoms with Gasteiger partial charge in [0.15, 0.2) is 0 Å². The lowest BCUT2D eigenvalue weighted by Crippen LogP contribution is -2.27. The van der Waals surface area contributed by atoms with E-state index in [1.807, 2.05) is 12.1 Å². The molecule has 168 valence electrons. The number of halogens is 2. The molecule has 1 aromatic heterocycles. The van der Waals surface area contributed by atoms with Crippen LogP contribution in [0, 0.1) is 3.57 Å². The van der Waals surface area contributed by atoms with Crippen molar-refractivity contribution in [3.63, 3.8) is 0 Å². The summed E-state index contributed by atoms with van der Waals surface area (Å²) in [6.45, 7) is 0.340. The Bertz CT molecular complexity index is 1440. The Hall–Kier alpha value is -2.76. The molecular formula is C23H18ClIN4O3S. The van der Waals surface area contributed by atoms with Crippen molar-refractivity contribution in [3.05, 3.63) is 92.8 Å². The van der Waals surface area contributed by atoms with Crippen LogP contribution < -0.4 is 4.72 Å². The molecule has 4 aromatic rings. The number of rotatable bonds is 6. The lowest BCUT2D eigenvalue weighted by molar-refractivity contribution is 0.0786. The highest BCUT2D eigenvalue weighted by molar-refractivity contribution is 14.1. The van der Waals surface area contributed by atoms with Crippen LogP contribution in [0.2, 0.25) is 5.02 Å². The number of benzene rings is 3. The van der Waals surface area contributed by atoms with Gasteiger partial charge >= 0.3 is 0 Å². The number of para-hydroxylation sites is 1. The van der Waals surface area contributed by atoms with Gasteiger partial charge in [-0.05, 0) is 70.6 Å². The maximum absolute atomic E-state index is 13.3. The highest BCUT2D eigenvalue weighted by atomic mass is 127. The third-order valence-electron chi connectivity index (χ3n) is 4.89. The van der Waals surface area contributed by atoms with E-state index in [9.17, 15) is 13.2 Å². The van der Waals surface area contributed by atoms with Gasteiger partial charge in [0, 0.05) is 34.6 Å². The summed E-state index contributed by atoms with van der Waals surface area (Å²) in [6, 6.07) is 16.9. The Kier molecular flexibility index (Phi) is 6.82. The third kappa shape index (κ3) is 5.26. The Morgan fingerprint density at radius 3 is 2.55 bits per heavy atom. The summed E-state index contributed by atoms with van der Waals surface area (Å²) < 4.78 is 29.9. The zero-order valence-corrected chi connectivity index (χ0v) is 21.1. The average molecular weight is 593 g/mol. The van der Waals surface area contributed by atoms with Crippen LogP contribution in [0.3, 0.4) is 0 Å². The van der Waals surface area contributed by atoms with E-state index in [1.165, 1.54) is 23.4 Å². The van der Waals surface area contributed by atoms with Crippen LogP contribution in [0.1, 0.15) is 15.9 Å². The van der Waals surface area contributed by atoms with Crippen molar-refractivity contribution in [2.24, 2.45) is 0 Å². The Labute approximate surface area is 210 Å². The van der Waals surface area contributed by atoms with Crippen LogP contribution in [0.15, 0.2) is 78.0 Å². The first-order valence-corrected chi connectivity index (χ1v) is 12.7. The van der Waals surface area contributed by atoms with Gasteiger partial charge in [0.1, 0.15) is 10.4 Å². The van der Waals surface area contributed by atoms with Crippen LogP contribution >= 0.6 is 34.2 Å². The van der Waals surface area contributed by atoms with Crippen molar-refractivity contribution >= 4 is 66.8 Å². The van der Waals surface area contributed by atoms with E-state index in [4.69, 9.17) is 11.6 Å². The van der Waals surface area contributed by atoms with Gasteiger partial charge in [-0.3, -0.25) is 19.5 Å². The van der Waals surface area contributed by atoms with Crippen molar-refractivity contribution in [1.82, 2.24) is 14.9 Å². The quantitative estimate of drug-likeness (QED) is 0.320. The standard InChI is InChI=1S/C23H18ClIN4O3S/c1-29(14-15-5-7-16(24)8-6-15)23(30)18-10-9-17(25)13-20(18)28-33(31,32)21-4-2-3-19-22(21)27-12-11-26-19/h2-13,28H,14H2,1H3. The summed E-state index contributed by atoms with van der Waals surface area (Å²) in [5.74, 6) is -0.322. The maximum Gasteiger partial charge on any atom is 0.264 e.